The Kier molecular flexibility index (Phi) is 4.90. The van der Waals surface area contributed by atoms with Crippen LogP contribution in [0.25, 0.3) is 0 Å². The Hall–Kier alpha value is -0.940. The van der Waals surface area contributed by atoms with E-state index in [1.54, 1.807) is 20.8 Å². The number of hydrogen-bond donors (Lipinski definition) is 0. The topological polar surface area (TPSA) is 23.6 Å². The second-order valence-corrected chi connectivity index (χ2v) is 3.63. The van der Waals surface area contributed by atoms with E-state index >= 15 is 0 Å². The Morgan fingerprint density at radius 2 is 1.80 bits per heavy atom. The van der Waals surface area contributed by atoms with Crippen LogP contribution in [0.1, 0.15) is 20.8 Å². The van der Waals surface area contributed by atoms with Gasteiger partial charge in [-0.15, -0.1) is 0 Å². The summed E-state index contributed by atoms with van der Waals surface area (Å²) in [6, 6.07) is -1.06. The third-order valence-corrected chi connectivity index (χ3v) is 2.02. The molecule has 0 saturated heterocycles. The molecule has 0 aliphatic carbocycles. The summed E-state index contributed by atoms with van der Waals surface area (Å²) in [7, 11) is 1.48. The second kappa shape index (κ2) is 5.23. The highest BCUT2D eigenvalue weighted by Gasteiger charge is 2.34. The summed E-state index contributed by atoms with van der Waals surface area (Å²) in [5, 5.41) is 0. The minimum absolute atomic E-state index is 0.389. The minimum atomic E-state index is -4.35. The van der Waals surface area contributed by atoms with Gasteiger partial charge in [-0.3, -0.25) is 0 Å². The SMILES string of the molecule is CCN(C)C(=O)N(CC(F)(F)F)C(C)C. The van der Waals surface area contributed by atoms with Gasteiger partial charge in [0.2, 0.25) is 0 Å². The van der Waals surface area contributed by atoms with Crippen molar-refractivity contribution in [1.82, 2.24) is 9.80 Å². The van der Waals surface area contributed by atoms with Crippen molar-refractivity contribution in [3.05, 3.63) is 0 Å². The molecule has 0 saturated carbocycles. The van der Waals surface area contributed by atoms with Crippen LogP contribution in [-0.2, 0) is 0 Å². The van der Waals surface area contributed by atoms with Crippen LogP contribution in [0, 0.1) is 0 Å². The molecule has 0 spiro atoms. The van der Waals surface area contributed by atoms with E-state index in [1.807, 2.05) is 0 Å². The molecule has 3 nitrogen and oxygen atoms in total. The van der Waals surface area contributed by atoms with Crippen molar-refractivity contribution in [3.63, 3.8) is 0 Å². The van der Waals surface area contributed by atoms with Gasteiger partial charge in [0, 0.05) is 19.6 Å². The fourth-order valence-electron chi connectivity index (χ4n) is 1.02. The first-order valence-corrected chi connectivity index (χ1v) is 4.77. The van der Waals surface area contributed by atoms with Crippen LogP contribution in [-0.4, -0.2) is 48.2 Å². The van der Waals surface area contributed by atoms with E-state index in [0.717, 1.165) is 4.90 Å². The zero-order valence-corrected chi connectivity index (χ0v) is 9.43. The van der Waals surface area contributed by atoms with Gasteiger partial charge in [-0.2, -0.15) is 13.2 Å². The number of carbonyl (C=O) groups excluding carboxylic acids is 1. The van der Waals surface area contributed by atoms with E-state index in [9.17, 15) is 18.0 Å². The summed E-state index contributed by atoms with van der Waals surface area (Å²) in [5.41, 5.74) is 0. The van der Waals surface area contributed by atoms with Crippen molar-refractivity contribution in [3.8, 4) is 0 Å². The second-order valence-electron chi connectivity index (χ2n) is 3.63. The average molecular weight is 226 g/mol. The van der Waals surface area contributed by atoms with Gasteiger partial charge in [-0.1, -0.05) is 0 Å². The van der Waals surface area contributed by atoms with Gasteiger partial charge in [0.05, 0.1) is 0 Å². The summed E-state index contributed by atoms with van der Waals surface area (Å²) in [6.07, 6.45) is -4.35. The lowest BCUT2D eigenvalue weighted by atomic mass is 10.3. The molecule has 0 unspecified atom stereocenters. The first kappa shape index (κ1) is 14.1. The van der Waals surface area contributed by atoms with E-state index in [4.69, 9.17) is 0 Å². The molecule has 0 radical (unpaired) electrons. The molecular formula is C9H17F3N2O. The van der Waals surface area contributed by atoms with Crippen LogP contribution < -0.4 is 0 Å². The maximum Gasteiger partial charge on any atom is 0.406 e. The molecule has 0 heterocycles. The van der Waals surface area contributed by atoms with E-state index in [-0.39, 0.29) is 0 Å². The average Bonchev–Trinajstić information content (AvgIpc) is 2.10. The van der Waals surface area contributed by atoms with Crippen LogP contribution in [0.4, 0.5) is 18.0 Å². The predicted octanol–water partition coefficient (Wildman–Crippen LogP) is 2.33. The Labute approximate surface area is 87.8 Å². The smallest absolute Gasteiger partial charge is 0.328 e. The zero-order valence-electron chi connectivity index (χ0n) is 9.43. The van der Waals surface area contributed by atoms with Crippen molar-refractivity contribution >= 4 is 6.03 Å². The van der Waals surface area contributed by atoms with Gasteiger partial charge in [0.15, 0.2) is 0 Å². The molecule has 0 aromatic heterocycles. The zero-order chi connectivity index (χ0) is 12.2. The Balaban J connectivity index is 4.60. The van der Waals surface area contributed by atoms with Crippen molar-refractivity contribution in [2.45, 2.75) is 33.0 Å². The van der Waals surface area contributed by atoms with Crippen LogP contribution in [0.15, 0.2) is 0 Å². The lowest BCUT2D eigenvalue weighted by Gasteiger charge is -2.31. The highest BCUT2D eigenvalue weighted by atomic mass is 19.4. The first-order chi connectivity index (χ1) is 6.69. The summed E-state index contributed by atoms with van der Waals surface area (Å²) < 4.78 is 36.5. The number of amides is 2. The van der Waals surface area contributed by atoms with Gasteiger partial charge in [0.25, 0.3) is 0 Å². The number of alkyl halides is 3. The number of nitrogens with zero attached hydrogens (tertiary/aromatic N) is 2. The van der Waals surface area contributed by atoms with Gasteiger partial charge >= 0.3 is 12.2 Å². The third-order valence-electron chi connectivity index (χ3n) is 2.02. The maximum atomic E-state index is 12.2. The van der Waals surface area contributed by atoms with Gasteiger partial charge in [-0.05, 0) is 20.8 Å². The molecule has 6 heteroatoms. The molecule has 0 aliphatic rings. The van der Waals surface area contributed by atoms with Crippen molar-refractivity contribution in [2.24, 2.45) is 0 Å². The Morgan fingerprint density at radius 3 is 2.07 bits per heavy atom. The van der Waals surface area contributed by atoms with E-state index in [1.165, 1.54) is 11.9 Å². The molecule has 90 valence electrons. The van der Waals surface area contributed by atoms with Crippen molar-refractivity contribution < 1.29 is 18.0 Å². The van der Waals surface area contributed by atoms with E-state index in [0.29, 0.717) is 6.54 Å². The predicted molar refractivity (Wildman–Crippen MR) is 51.6 cm³/mol. The Morgan fingerprint density at radius 1 is 1.33 bits per heavy atom. The third kappa shape index (κ3) is 4.90. The van der Waals surface area contributed by atoms with Crippen molar-refractivity contribution in [2.75, 3.05) is 20.1 Å². The lowest BCUT2D eigenvalue weighted by Crippen LogP contribution is -2.48. The number of urea groups is 1. The summed E-state index contributed by atoms with van der Waals surface area (Å²) >= 11 is 0. The number of halogens is 3. The van der Waals surface area contributed by atoms with Crippen LogP contribution in [0.2, 0.25) is 0 Å². The van der Waals surface area contributed by atoms with Crippen LogP contribution in [0.3, 0.4) is 0 Å². The minimum Gasteiger partial charge on any atom is -0.328 e. The maximum absolute atomic E-state index is 12.2. The molecule has 0 rings (SSSR count). The number of hydrogen-bond acceptors (Lipinski definition) is 1. The van der Waals surface area contributed by atoms with E-state index in [2.05, 4.69) is 0 Å². The summed E-state index contributed by atoms with van der Waals surface area (Å²) in [6.45, 7) is 4.03. The molecule has 0 aromatic rings. The van der Waals surface area contributed by atoms with Gasteiger partial charge in [-0.25, -0.2) is 4.79 Å². The molecule has 15 heavy (non-hydrogen) atoms. The fraction of sp³-hybridized carbons (Fsp3) is 0.889. The largest absolute Gasteiger partial charge is 0.406 e. The molecule has 2 amide bonds. The highest BCUT2D eigenvalue weighted by molar-refractivity contribution is 5.74. The van der Waals surface area contributed by atoms with Gasteiger partial charge < -0.3 is 9.80 Å². The molecule has 0 bridgehead atoms. The standard InChI is InChI=1S/C9H17F3N2O/c1-5-13(4)8(15)14(7(2)3)6-9(10,11)12/h7H,5-6H2,1-4H3. The molecule has 0 N–H and O–H groups in total. The van der Waals surface area contributed by atoms with E-state index < -0.39 is 24.8 Å². The first-order valence-electron chi connectivity index (χ1n) is 4.77. The van der Waals surface area contributed by atoms with Gasteiger partial charge in [0.1, 0.15) is 6.54 Å². The number of carbonyl (C=O) groups is 1. The Bertz CT molecular complexity index is 216. The molecule has 0 fully saturated rings. The number of rotatable bonds is 3. The summed E-state index contributed by atoms with van der Waals surface area (Å²) in [4.78, 5) is 13.6. The molecule has 0 atom stereocenters. The highest BCUT2D eigenvalue weighted by Crippen LogP contribution is 2.18. The van der Waals surface area contributed by atoms with Crippen molar-refractivity contribution in [1.29, 1.82) is 0 Å². The normalized spacial score (nSPS) is 11.7. The quantitative estimate of drug-likeness (QED) is 0.724. The molecule has 0 aliphatic heterocycles. The summed E-state index contributed by atoms with van der Waals surface area (Å²) in [5.74, 6) is 0. The van der Waals surface area contributed by atoms with Crippen LogP contribution >= 0.6 is 0 Å². The monoisotopic (exact) mass is 226 g/mol. The lowest BCUT2D eigenvalue weighted by molar-refractivity contribution is -0.143. The van der Waals surface area contributed by atoms with Crippen LogP contribution in [0.5, 0.6) is 0 Å². The molecular weight excluding hydrogens is 209 g/mol. The molecule has 0 aromatic carbocycles. The fourth-order valence-corrected chi connectivity index (χ4v) is 1.02.